The smallest absolute Gasteiger partial charge is 0.305 e. The van der Waals surface area contributed by atoms with Crippen molar-refractivity contribution in [2.75, 3.05) is 13.7 Å². The van der Waals surface area contributed by atoms with Gasteiger partial charge in [-0.25, -0.2) is 0 Å². The summed E-state index contributed by atoms with van der Waals surface area (Å²) in [6, 6.07) is 0. The van der Waals surface area contributed by atoms with Gasteiger partial charge in [-0.3, -0.25) is 14.4 Å². The molecular weight excluding hydrogens is 356 g/mol. The van der Waals surface area contributed by atoms with Crippen LogP contribution in [0.2, 0.25) is 0 Å². The van der Waals surface area contributed by atoms with Gasteiger partial charge in [0.2, 0.25) is 0 Å². The van der Waals surface area contributed by atoms with Crippen LogP contribution in [0.1, 0.15) is 65.2 Å². The summed E-state index contributed by atoms with van der Waals surface area (Å²) in [7, 11) is 1.37. The van der Waals surface area contributed by atoms with Gasteiger partial charge in [0.15, 0.2) is 0 Å². The summed E-state index contributed by atoms with van der Waals surface area (Å²) in [6.07, 6.45) is 8.47. The molecule has 0 N–H and O–H groups in total. The largest absolute Gasteiger partial charge is 0.469 e. The summed E-state index contributed by atoms with van der Waals surface area (Å²) in [5, 5.41) is 0. The Morgan fingerprint density at radius 2 is 1.96 bits per heavy atom. The van der Waals surface area contributed by atoms with E-state index in [1.165, 1.54) is 26.9 Å². The van der Waals surface area contributed by atoms with Crippen molar-refractivity contribution in [3.8, 4) is 0 Å². The summed E-state index contributed by atoms with van der Waals surface area (Å²) in [5.74, 6) is 1.17. The number of esters is 2. The van der Waals surface area contributed by atoms with Crippen molar-refractivity contribution in [1.29, 1.82) is 0 Å². The number of fused-ring (bicyclic) bond motifs is 3. The fourth-order valence-corrected chi connectivity index (χ4v) is 6.80. The minimum atomic E-state index is -0.754. The van der Waals surface area contributed by atoms with E-state index in [4.69, 9.17) is 9.47 Å². The average Bonchev–Trinajstić information content (AvgIpc) is 3.02. The third kappa shape index (κ3) is 3.42. The van der Waals surface area contributed by atoms with Crippen molar-refractivity contribution in [1.82, 2.24) is 0 Å². The molecule has 0 radical (unpaired) electrons. The van der Waals surface area contributed by atoms with Crippen LogP contribution in [-0.4, -0.2) is 31.4 Å². The molecule has 0 aromatic rings. The Morgan fingerprint density at radius 1 is 1.21 bits per heavy atom. The number of methoxy groups -OCH3 is 1. The molecule has 5 nitrogen and oxygen atoms in total. The van der Waals surface area contributed by atoms with Crippen LogP contribution in [0.5, 0.6) is 0 Å². The van der Waals surface area contributed by atoms with Gasteiger partial charge in [0.1, 0.15) is 12.4 Å². The number of rotatable bonds is 6. The van der Waals surface area contributed by atoms with E-state index < -0.39 is 5.41 Å². The highest BCUT2D eigenvalue weighted by Crippen LogP contribution is 2.64. The number of ether oxygens (including phenoxy) is 2. The lowest BCUT2D eigenvalue weighted by molar-refractivity contribution is -0.164. The van der Waals surface area contributed by atoms with Crippen LogP contribution >= 0.6 is 0 Å². The third-order valence-electron chi connectivity index (χ3n) is 8.30. The number of carbonyl (C=O) groups excluding carboxylic acids is 3. The Morgan fingerprint density at radius 3 is 2.61 bits per heavy atom. The molecule has 0 heterocycles. The molecule has 156 valence electrons. The zero-order valence-electron chi connectivity index (χ0n) is 17.5. The first-order valence-electron chi connectivity index (χ1n) is 10.6. The maximum absolute atomic E-state index is 13.2. The summed E-state index contributed by atoms with van der Waals surface area (Å²) in [4.78, 5) is 36.7. The lowest BCUT2D eigenvalue weighted by atomic mass is 9.48. The standard InChI is InChI=1S/C23H34O5/c1-5-16-6-8-18-17-7-9-20(25)23(14-28-15(2)24,13-11-21(26)27-4)19(17)10-12-22(16,18)3/h5,16-19H,1,6-14H2,2-4H3/t16-,17-,18?,19?,22+,23-/m0/s1. The fourth-order valence-electron chi connectivity index (χ4n) is 6.80. The zero-order chi connectivity index (χ0) is 20.5. The molecule has 0 saturated heterocycles. The highest BCUT2D eigenvalue weighted by molar-refractivity contribution is 5.87. The third-order valence-corrected chi connectivity index (χ3v) is 8.30. The van der Waals surface area contributed by atoms with E-state index in [-0.39, 0.29) is 42.1 Å². The minimum absolute atomic E-state index is 0.0909. The summed E-state index contributed by atoms with van der Waals surface area (Å²) in [5.41, 5.74) is -0.505. The molecule has 0 spiro atoms. The van der Waals surface area contributed by atoms with Crippen molar-refractivity contribution in [3.05, 3.63) is 12.7 Å². The second-order valence-electron chi connectivity index (χ2n) is 9.32. The van der Waals surface area contributed by atoms with Crippen LogP contribution in [0.4, 0.5) is 0 Å². The lowest BCUT2D eigenvalue weighted by Crippen LogP contribution is -2.55. The molecule has 3 saturated carbocycles. The first-order valence-corrected chi connectivity index (χ1v) is 10.6. The van der Waals surface area contributed by atoms with Gasteiger partial charge in [-0.05, 0) is 67.6 Å². The van der Waals surface area contributed by atoms with Crippen LogP contribution < -0.4 is 0 Å². The molecule has 28 heavy (non-hydrogen) atoms. The number of hydrogen-bond acceptors (Lipinski definition) is 5. The quantitative estimate of drug-likeness (QED) is 0.504. The van der Waals surface area contributed by atoms with Crippen LogP contribution in [0.3, 0.4) is 0 Å². The Hall–Kier alpha value is -1.65. The number of ketones is 1. The van der Waals surface area contributed by atoms with Crippen LogP contribution in [-0.2, 0) is 23.9 Å². The topological polar surface area (TPSA) is 69.7 Å². The first kappa shape index (κ1) is 21.1. The number of allylic oxidation sites excluding steroid dienone is 1. The van der Waals surface area contributed by atoms with E-state index >= 15 is 0 Å². The highest BCUT2D eigenvalue weighted by Gasteiger charge is 2.60. The van der Waals surface area contributed by atoms with Crippen molar-refractivity contribution in [2.45, 2.75) is 65.2 Å². The minimum Gasteiger partial charge on any atom is -0.469 e. The Labute approximate surface area is 168 Å². The first-order chi connectivity index (χ1) is 13.3. The van der Waals surface area contributed by atoms with E-state index in [0.717, 1.165) is 19.3 Å². The van der Waals surface area contributed by atoms with Gasteiger partial charge in [-0.1, -0.05) is 13.0 Å². The SMILES string of the molecule is C=C[C@H]1CCC2[C@@H]3CCC(=O)[C@@](CCC(=O)OC)(COC(C)=O)C3CC[C@@]21C. The molecule has 6 atom stereocenters. The van der Waals surface area contributed by atoms with Gasteiger partial charge in [0, 0.05) is 19.8 Å². The molecule has 0 amide bonds. The van der Waals surface area contributed by atoms with Crippen LogP contribution in [0, 0.1) is 34.5 Å². The van der Waals surface area contributed by atoms with E-state index in [9.17, 15) is 14.4 Å². The maximum Gasteiger partial charge on any atom is 0.305 e. The molecule has 3 aliphatic carbocycles. The Balaban J connectivity index is 1.92. The van der Waals surface area contributed by atoms with E-state index in [2.05, 4.69) is 19.6 Å². The summed E-state index contributed by atoms with van der Waals surface area (Å²) >= 11 is 0. The number of carbonyl (C=O) groups is 3. The molecule has 0 bridgehead atoms. The normalized spacial score (nSPS) is 39.6. The second-order valence-corrected chi connectivity index (χ2v) is 9.32. The van der Waals surface area contributed by atoms with Crippen molar-refractivity contribution in [3.63, 3.8) is 0 Å². The Bertz CT molecular complexity index is 655. The summed E-state index contributed by atoms with van der Waals surface area (Å²) < 4.78 is 10.2. The number of Topliss-reactive ketones (excluding diaryl/α,β-unsaturated/α-hetero) is 1. The van der Waals surface area contributed by atoms with Gasteiger partial charge in [0.25, 0.3) is 0 Å². The molecule has 0 aromatic heterocycles. The van der Waals surface area contributed by atoms with Crippen molar-refractivity contribution in [2.24, 2.45) is 34.5 Å². The second kappa shape index (κ2) is 8.00. The molecule has 0 aliphatic heterocycles. The van der Waals surface area contributed by atoms with Gasteiger partial charge in [-0.2, -0.15) is 0 Å². The van der Waals surface area contributed by atoms with Gasteiger partial charge < -0.3 is 9.47 Å². The van der Waals surface area contributed by atoms with E-state index in [1.54, 1.807) is 0 Å². The van der Waals surface area contributed by atoms with E-state index in [1.807, 2.05) is 0 Å². The highest BCUT2D eigenvalue weighted by atomic mass is 16.5. The molecule has 3 rings (SSSR count). The van der Waals surface area contributed by atoms with Gasteiger partial charge >= 0.3 is 11.9 Å². The molecular formula is C23H34O5. The van der Waals surface area contributed by atoms with Gasteiger partial charge in [0.05, 0.1) is 12.5 Å². The van der Waals surface area contributed by atoms with Crippen LogP contribution in [0.15, 0.2) is 12.7 Å². The molecule has 0 aromatic carbocycles. The van der Waals surface area contributed by atoms with Gasteiger partial charge in [-0.15, -0.1) is 6.58 Å². The average molecular weight is 391 g/mol. The molecule has 3 aliphatic rings. The van der Waals surface area contributed by atoms with E-state index in [0.29, 0.717) is 30.6 Å². The molecule has 3 fully saturated rings. The van der Waals surface area contributed by atoms with Crippen molar-refractivity contribution < 1.29 is 23.9 Å². The number of hydrogen-bond donors (Lipinski definition) is 0. The monoisotopic (exact) mass is 390 g/mol. The van der Waals surface area contributed by atoms with Crippen LogP contribution in [0.25, 0.3) is 0 Å². The zero-order valence-corrected chi connectivity index (χ0v) is 17.5. The lowest BCUT2D eigenvalue weighted by Gasteiger charge is -2.56. The Kier molecular flexibility index (Phi) is 6.02. The summed E-state index contributed by atoms with van der Waals surface area (Å²) in [6.45, 7) is 7.93. The van der Waals surface area contributed by atoms with Crippen molar-refractivity contribution >= 4 is 17.7 Å². The maximum atomic E-state index is 13.2. The molecule has 2 unspecified atom stereocenters. The predicted molar refractivity (Wildman–Crippen MR) is 105 cm³/mol. The molecule has 5 heteroatoms. The fraction of sp³-hybridized carbons (Fsp3) is 0.783. The predicted octanol–water partition coefficient (Wildman–Crippen LogP) is 4.10.